The lowest BCUT2D eigenvalue weighted by Gasteiger charge is -2.14. The van der Waals surface area contributed by atoms with E-state index in [9.17, 15) is 0 Å². The highest BCUT2D eigenvalue weighted by atomic mass is 32.1. The highest BCUT2D eigenvalue weighted by Crippen LogP contribution is 2.47. The Balaban J connectivity index is 1.49. The number of nitrogens with zero attached hydrogens (tertiary/aromatic N) is 2. The molecule has 0 N–H and O–H groups in total. The third-order valence-electron chi connectivity index (χ3n) is 9.07. The van der Waals surface area contributed by atoms with Gasteiger partial charge in [-0.3, -0.25) is 0 Å². The standard InChI is InChI=1S/C40H24N2S/c1-2-12-25(13-3-1)41-33-19-9-6-17-31(33)37-29-15-4-5-16-30(29)38-32-18-7-10-20-34(32)42(40(38)39(37)41)26-22-23-28-27-14-8-11-21-35(27)43-36(28)24-26/h1-24H. The van der Waals surface area contributed by atoms with Crippen molar-refractivity contribution in [2.75, 3.05) is 0 Å². The van der Waals surface area contributed by atoms with Crippen LogP contribution in [0.1, 0.15) is 0 Å². The number of hydrogen-bond donors (Lipinski definition) is 0. The minimum absolute atomic E-state index is 1.17. The topological polar surface area (TPSA) is 9.86 Å². The summed E-state index contributed by atoms with van der Waals surface area (Å²) in [5.41, 5.74) is 7.29. The lowest BCUT2D eigenvalue weighted by Crippen LogP contribution is -1.98. The van der Waals surface area contributed by atoms with Gasteiger partial charge in [0.1, 0.15) is 0 Å². The van der Waals surface area contributed by atoms with Crippen molar-refractivity contribution in [1.82, 2.24) is 9.13 Å². The van der Waals surface area contributed by atoms with E-state index in [0.29, 0.717) is 0 Å². The summed E-state index contributed by atoms with van der Waals surface area (Å²) in [6.07, 6.45) is 0. The Kier molecular flexibility index (Phi) is 4.63. The SMILES string of the molecule is c1ccc(-n2c3ccccc3c3c4ccccc4c4c5ccccc5n(-c5ccc6c(c5)sc5ccccc56)c4c32)cc1. The third-order valence-corrected chi connectivity index (χ3v) is 10.2. The molecule has 3 aromatic heterocycles. The Morgan fingerprint density at radius 2 is 0.837 bits per heavy atom. The van der Waals surface area contributed by atoms with Gasteiger partial charge in [-0.2, -0.15) is 0 Å². The van der Waals surface area contributed by atoms with Gasteiger partial charge in [-0.1, -0.05) is 103 Å². The fourth-order valence-corrected chi connectivity index (χ4v) is 8.50. The fraction of sp³-hybridized carbons (Fsp3) is 0. The second-order valence-electron chi connectivity index (χ2n) is 11.3. The second kappa shape index (κ2) is 8.57. The molecule has 2 nitrogen and oxygen atoms in total. The van der Waals surface area contributed by atoms with Crippen LogP contribution in [0.15, 0.2) is 146 Å². The van der Waals surface area contributed by atoms with E-state index in [0.717, 1.165) is 0 Å². The number of hydrogen-bond acceptors (Lipinski definition) is 1. The van der Waals surface area contributed by atoms with Gasteiger partial charge in [0.2, 0.25) is 0 Å². The largest absolute Gasteiger partial charge is 0.307 e. The first-order valence-corrected chi connectivity index (χ1v) is 15.5. The van der Waals surface area contributed by atoms with Crippen LogP contribution in [-0.4, -0.2) is 9.13 Å². The van der Waals surface area contributed by atoms with Crippen molar-refractivity contribution in [2.45, 2.75) is 0 Å². The van der Waals surface area contributed by atoms with Crippen LogP contribution in [-0.2, 0) is 0 Å². The average Bonchev–Trinajstić information content (AvgIpc) is 3.73. The zero-order valence-electron chi connectivity index (χ0n) is 23.2. The molecule has 200 valence electrons. The van der Waals surface area contributed by atoms with Crippen molar-refractivity contribution < 1.29 is 0 Å². The summed E-state index contributed by atoms with van der Waals surface area (Å²) in [4.78, 5) is 0. The van der Waals surface area contributed by atoms with Gasteiger partial charge in [0.05, 0.1) is 22.1 Å². The molecule has 0 aliphatic carbocycles. The van der Waals surface area contributed by atoms with Crippen molar-refractivity contribution in [3.05, 3.63) is 146 Å². The summed E-state index contributed by atoms with van der Waals surface area (Å²) >= 11 is 1.88. The van der Waals surface area contributed by atoms with E-state index < -0.39 is 0 Å². The number of fused-ring (bicyclic) bond motifs is 13. The molecular weight excluding hydrogens is 541 g/mol. The molecule has 0 aliphatic heterocycles. The molecule has 10 aromatic rings. The Morgan fingerprint density at radius 1 is 0.349 bits per heavy atom. The second-order valence-corrected chi connectivity index (χ2v) is 12.4. The summed E-state index contributed by atoms with van der Waals surface area (Å²) < 4.78 is 7.63. The number of benzene rings is 7. The van der Waals surface area contributed by atoms with E-state index in [-0.39, 0.29) is 0 Å². The van der Waals surface area contributed by atoms with Gasteiger partial charge in [-0.15, -0.1) is 11.3 Å². The maximum Gasteiger partial charge on any atom is 0.0795 e. The lowest BCUT2D eigenvalue weighted by molar-refractivity contribution is 1.15. The van der Waals surface area contributed by atoms with Gasteiger partial charge in [-0.05, 0) is 53.2 Å². The van der Waals surface area contributed by atoms with Gasteiger partial charge in [0.15, 0.2) is 0 Å². The first-order chi connectivity index (χ1) is 21.4. The molecule has 43 heavy (non-hydrogen) atoms. The summed E-state index contributed by atoms with van der Waals surface area (Å²) in [5, 5.41) is 10.4. The van der Waals surface area contributed by atoms with Crippen molar-refractivity contribution >= 4 is 85.9 Å². The highest BCUT2D eigenvalue weighted by molar-refractivity contribution is 7.25. The van der Waals surface area contributed by atoms with Crippen LogP contribution in [0, 0.1) is 0 Å². The number of para-hydroxylation sites is 3. The van der Waals surface area contributed by atoms with Gasteiger partial charge in [0.25, 0.3) is 0 Å². The molecule has 3 heterocycles. The van der Waals surface area contributed by atoms with Crippen LogP contribution in [0.3, 0.4) is 0 Å². The predicted octanol–water partition coefficient (Wildman–Crippen LogP) is 11.4. The molecule has 0 radical (unpaired) electrons. The maximum absolute atomic E-state index is 2.52. The van der Waals surface area contributed by atoms with E-state index in [1.54, 1.807) is 0 Å². The molecule has 0 fully saturated rings. The Labute approximate surface area is 251 Å². The summed E-state index contributed by atoms with van der Waals surface area (Å²) in [7, 11) is 0. The van der Waals surface area contributed by atoms with E-state index in [4.69, 9.17) is 0 Å². The molecule has 7 aromatic carbocycles. The van der Waals surface area contributed by atoms with Crippen LogP contribution in [0.2, 0.25) is 0 Å². The Hall–Kier alpha value is -5.38. The smallest absolute Gasteiger partial charge is 0.0795 e. The molecule has 0 unspecified atom stereocenters. The van der Waals surface area contributed by atoms with Crippen LogP contribution in [0.4, 0.5) is 0 Å². The van der Waals surface area contributed by atoms with E-state index in [2.05, 4.69) is 155 Å². The van der Waals surface area contributed by atoms with Crippen LogP contribution >= 0.6 is 11.3 Å². The summed E-state index contributed by atoms with van der Waals surface area (Å²) in [6, 6.07) is 53.3. The molecule has 0 aliphatic rings. The quantitative estimate of drug-likeness (QED) is 0.198. The Bertz CT molecular complexity index is 2720. The van der Waals surface area contributed by atoms with Crippen molar-refractivity contribution in [1.29, 1.82) is 0 Å². The highest BCUT2D eigenvalue weighted by Gasteiger charge is 2.24. The zero-order valence-corrected chi connectivity index (χ0v) is 24.0. The fourth-order valence-electron chi connectivity index (χ4n) is 7.36. The molecule has 3 heteroatoms. The number of rotatable bonds is 2. The first-order valence-electron chi connectivity index (χ1n) is 14.7. The van der Waals surface area contributed by atoms with Crippen molar-refractivity contribution in [3.63, 3.8) is 0 Å². The number of thiophene rings is 1. The molecule has 0 saturated carbocycles. The molecule has 0 saturated heterocycles. The van der Waals surface area contributed by atoms with Crippen LogP contribution < -0.4 is 0 Å². The number of aromatic nitrogens is 2. The molecule has 10 rings (SSSR count). The van der Waals surface area contributed by atoms with Crippen LogP contribution in [0.25, 0.3) is 85.9 Å². The van der Waals surface area contributed by atoms with Gasteiger partial charge in [0, 0.05) is 53.1 Å². The normalized spacial score (nSPS) is 12.2. The van der Waals surface area contributed by atoms with E-state index in [1.165, 1.54) is 85.9 Å². The molecular formula is C40H24N2S. The van der Waals surface area contributed by atoms with Gasteiger partial charge in [-0.25, -0.2) is 0 Å². The zero-order chi connectivity index (χ0) is 28.1. The molecule has 0 atom stereocenters. The Morgan fingerprint density at radius 3 is 1.49 bits per heavy atom. The van der Waals surface area contributed by atoms with Crippen LogP contribution in [0.5, 0.6) is 0 Å². The van der Waals surface area contributed by atoms with Crippen molar-refractivity contribution in [3.8, 4) is 11.4 Å². The predicted molar refractivity (Wildman–Crippen MR) is 186 cm³/mol. The average molecular weight is 565 g/mol. The molecule has 0 amide bonds. The monoisotopic (exact) mass is 564 g/mol. The summed E-state index contributed by atoms with van der Waals surface area (Å²) in [6.45, 7) is 0. The molecule has 0 spiro atoms. The van der Waals surface area contributed by atoms with E-state index >= 15 is 0 Å². The van der Waals surface area contributed by atoms with Crippen molar-refractivity contribution in [2.24, 2.45) is 0 Å². The first kappa shape index (κ1) is 23.2. The maximum atomic E-state index is 2.52. The third kappa shape index (κ3) is 3.07. The molecule has 0 bridgehead atoms. The van der Waals surface area contributed by atoms with Gasteiger partial charge < -0.3 is 9.13 Å². The van der Waals surface area contributed by atoms with E-state index in [1.807, 2.05) is 11.3 Å². The minimum atomic E-state index is 1.17. The lowest BCUT2D eigenvalue weighted by atomic mass is 9.98. The van der Waals surface area contributed by atoms with Gasteiger partial charge >= 0.3 is 0 Å². The summed E-state index contributed by atoms with van der Waals surface area (Å²) in [5.74, 6) is 0. The minimum Gasteiger partial charge on any atom is -0.307 e.